The van der Waals surface area contributed by atoms with Crippen molar-refractivity contribution >= 4 is 29.8 Å². The number of carboxylic acid groups (broad SMARTS) is 2. The van der Waals surface area contributed by atoms with E-state index in [0.717, 1.165) is 51.9 Å². The van der Waals surface area contributed by atoms with Gasteiger partial charge < -0.3 is 36.6 Å². The number of nitrogens with two attached hydrogens (primary N) is 2. The largest absolute Gasteiger partial charge is 0.481 e. The molecule has 14 nitrogen and oxygen atoms in total. The van der Waals surface area contributed by atoms with Crippen LogP contribution in [0.3, 0.4) is 0 Å². The lowest BCUT2D eigenvalue weighted by Gasteiger charge is -2.16. The van der Waals surface area contributed by atoms with Crippen molar-refractivity contribution < 1.29 is 39.3 Å². The minimum absolute atomic E-state index is 0.224. The van der Waals surface area contributed by atoms with Gasteiger partial charge in [-0.15, -0.1) is 0 Å². The third-order valence-electron chi connectivity index (χ3n) is 8.37. The summed E-state index contributed by atoms with van der Waals surface area (Å²) in [5.74, 6) is -3.24. The lowest BCUT2D eigenvalue weighted by atomic mass is 9.94. The van der Waals surface area contributed by atoms with E-state index in [0.29, 0.717) is 48.0 Å². The Hall–Kier alpha value is -5.11. The van der Waals surface area contributed by atoms with E-state index >= 15 is 0 Å². The van der Waals surface area contributed by atoms with Gasteiger partial charge in [-0.25, -0.2) is 9.59 Å². The van der Waals surface area contributed by atoms with E-state index in [2.05, 4.69) is 9.97 Å². The topological polar surface area (TPSA) is 230 Å². The predicted octanol–water partition coefficient (Wildman–Crippen LogP) is 3.54. The average Bonchev–Trinajstić information content (AvgIpc) is 3.93. The number of aromatic nitrogens is 2. The van der Waals surface area contributed by atoms with Crippen LogP contribution in [0.4, 0.5) is 9.59 Å². The van der Waals surface area contributed by atoms with Crippen LogP contribution in [0.2, 0.25) is 0 Å². The van der Waals surface area contributed by atoms with E-state index in [9.17, 15) is 29.1 Å². The van der Waals surface area contributed by atoms with Gasteiger partial charge >= 0.3 is 24.0 Å². The van der Waals surface area contributed by atoms with Gasteiger partial charge in [-0.3, -0.25) is 24.4 Å². The van der Waals surface area contributed by atoms with Crippen LogP contribution in [0.1, 0.15) is 73.4 Å². The molecule has 7 N–H and O–H groups in total. The number of Topliss-reactive ketones (excluding diaryl/α,β-unsaturated/α-hetero) is 1. The lowest BCUT2D eigenvalue weighted by molar-refractivity contribution is -0.141. The monoisotopic (exact) mass is 664 g/mol. The van der Waals surface area contributed by atoms with Crippen molar-refractivity contribution in [2.24, 2.45) is 23.3 Å². The number of amides is 4. The smallest absolute Gasteiger partial charge is 0.314 e. The Morgan fingerprint density at radius 2 is 1.23 bits per heavy atom. The van der Waals surface area contributed by atoms with Crippen molar-refractivity contribution in [3.63, 3.8) is 0 Å². The van der Waals surface area contributed by atoms with Crippen LogP contribution in [0, 0.1) is 11.8 Å². The normalized spacial score (nSPS) is 20.0. The summed E-state index contributed by atoms with van der Waals surface area (Å²) in [5, 5.41) is 28.1. The molecule has 0 saturated carbocycles. The molecule has 4 amide bonds. The van der Waals surface area contributed by atoms with E-state index in [1.165, 1.54) is 6.20 Å². The van der Waals surface area contributed by atoms with Crippen LogP contribution in [0.25, 0.3) is 0 Å². The quantitative estimate of drug-likeness (QED) is 0.223. The Morgan fingerprint density at radius 1 is 0.729 bits per heavy atom. The Kier molecular flexibility index (Phi) is 14.7. The fourth-order valence-electron chi connectivity index (χ4n) is 5.77. The fourth-order valence-corrected chi connectivity index (χ4v) is 5.77. The number of rotatable bonds is 6. The highest BCUT2D eigenvalue weighted by atomic mass is 16.4. The molecule has 6 rings (SSSR count). The second-order valence-electron chi connectivity index (χ2n) is 11.6. The molecule has 4 aliphatic rings. The predicted molar refractivity (Wildman–Crippen MR) is 175 cm³/mol. The molecule has 4 heterocycles. The highest BCUT2D eigenvalue weighted by Gasteiger charge is 2.32. The summed E-state index contributed by atoms with van der Waals surface area (Å²) >= 11 is 0. The first kappa shape index (κ1) is 37.3. The van der Waals surface area contributed by atoms with Gasteiger partial charge in [0.25, 0.3) is 0 Å². The van der Waals surface area contributed by atoms with Crippen molar-refractivity contribution in [3.8, 4) is 0 Å². The maximum absolute atomic E-state index is 12.0. The molecule has 2 aliphatic heterocycles. The van der Waals surface area contributed by atoms with Crippen LogP contribution in [-0.2, 0) is 9.59 Å². The second kappa shape index (κ2) is 18.9. The number of hydrogen-bond donors (Lipinski definition) is 5. The number of aliphatic hydroxyl groups excluding tert-OH is 1. The first-order valence-electron chi connectivity index (χ1n) is 16.0. The summed E-state index contributed by atoms with van der Waals surface area (Å²) in [5.41, 5.74) is 12.0. The third-order valence-corrected chi connectivity index (χ3v) is 8.37. The van der Waals surface area contributed by atoms with Crippen molar-refractivity contribution in [1.82, 2.24) is 19.8 Å². The number of hydrogen-bond acceptors (Lipinski definition) is 8. The van der Waals surface area contributed by atoms with Gasteiger partial charge in [0.05, 0.1) is 11.8 Å². The third kappa shape index (κ3) is 11.0. The van der Waals surface area contributed by atoms with E-state index in [1.54, 1.807) is 58.7 Å². The maximum atomic E-state index is 12.0. The highest BCUT2D eigenvalue weighted by Crippen LogP contribution is 2.35. The molecule has 0 radical (unpaired) electrons. The number of likely N-dealkylation sites (tertiary alicyclic amines) is 2. The highest BCUT2D eigenvalue weighted by molar-refractivity contribution is 6.11. The zero-order valence-corrected chi connectivity index (χ0v) is 26.8. The zero-order valence-electron chi connectivity index (χ0n) is 26.8. The summed E-state index contributed by atoms with van der Waals surface area (Å²) in [4.78, 5) is 65.7. The number of carbonyl (C=O) groups excluding carboxylic acids is 3. The van der Waals surface area contributed by atoms with Gasteiger partial charge in [-0.2, -0.15) is 0 Å². The number of ketones is 1. The molecule has 3 atom stereocenters. The Labute approximate surface area is 279 Å². The summed E-state index contributed by atoms with van der Waals surface area (Å²) in [7, 11) is 0. The van der Waals surface area contributed by atoms with Gasteiger partial charge in [-0.05, 0) is 75.1 Å². The lowest BCUT2D eigenvalue weighted by Crippen LogP contribution is -2.32. The Morgan fingerprint density at radius 3 is 1.67 bits per heavy atom. The van der Waals surface area contributed by atoms with Crippen molar-refractivity contribution in [2.75, 3.05) is 26.2 Å². The number of aliphatic carboxylic acids is 2. The molecule has 14 heteroatoms. The summed E-state index contributed by atoms with van der Waals surface area (Å²) in [6, 6.07) is 6.23. The van der Waals surface area contributed by atoms with Gasteiger partial charge in [0.2, 0.25) is 0 Å². The van der Waals surface area contributed by atoms with E-state index in [1.807, 2.05) is 6.08 Å². The van der Waals surface area contributed by atoms with Crippen molar-refractivity contribution in [3.05, 3.63) is 83.5 Å². The van der Waals surface area contributed by atoms with Crippen LogP contribution in [0.15, 0.2) is 72.4 Å². The summed E-state index contributed by atoms with van der Waals surface area (Å²) in [6.07, 6.45) is 15.8. The number of carbonyl (C=O) groups is 5. The van der Waals surface area contributed by atoms with Crippen LogP contribution in [-0.4, -0.2) is 91.1 Å². The number of allylic oxidation sites excluding steroid dienone is 2. The Balaban J connectivity index is 0.000000183. The minimum atomic E-state index is -0.930. The minimum Gasteiger partial charge on any atom is -0.481 e. The number of carboxylic acids is 2. The summed E-state index contributed by atoms with van der Waals surface area (Å²) in [6.45, 7) is 3.43. The fraction of sp³-hybridized carbons (Fsp3) is 0.441. The molecule has 258 valence electrons. The average molecular weight is 665 g/mol. The standard InChI is InChI=1S/C12H13NO3.C12H11NO3.2C5H10N2O/c2*14-11(8-3-2-6-13-7-8)9-4-1-5-10(9)12(15)16;2*6-5(8)7-3-1-2-4-7/h2-4,6-7,10-11,14H,1,5H2,(H,15,16);2-4,6-7,10H,1,5H2,(H,15,16);2*1-4H2,(H2,6,8). The van der Waals surface area contributed by atoms with Crippen molar-refractivity contribution in [2.45, 2.75) is 57.5 Å². The molecule has 2 aromatic heterocycles. The van der Waals surface area contributed by atoms with Crippen molar-refractivity contribution in [1.29, 1.82) is 0 Å². The molecule has 0 aromatic carbocycles. The van der Waals surface area contributed by atoms with Gasteiger partial charge in [0, 0.05) is 67.7 Å². The van der Waals surface area contributed by atoms with Gasteiger partial charge in [0.15, 0.2) is 5.78 Å². The Bertz CT molecular complexity index is 1430. The number of primary amides is 2. The molecular formula is C34H44N6O8. The molecule has 0 bridgehead atoms. The van der Waals surface area contributed by atoms with Gasteiger partial charge in [0.1, 0.15) is 6.10 Å². The number of nitrogens with zero attached hydrogens (tertiary/aromatic N) is 4. The van der Waals surface area contributed by atoms with Crippen LogP contribution in [0.5, 0.6) is 0 Å². The SMILES string of the molecule is NC(=O)N1CCCC1.NC(=O)N1CCCC1.O=C(C1=CCCC1C(=O)O)c1cccnc1.O=C(O)C1CCC=C1C(O)c1cccnc1. The maximum Gasteiger partial charge on any atom is 0.314 e. The van der Waals surface area contributed by atoms with Crippen LogP contribution < -0.4 is 11.5 Å². The molecule has 2 saturated heterocycles. The number of pyridine rings is 2. The zero-order chi connectivity index (χ0) is 35.1. The number of urea groups is 2. The molecule has 3 unspecified atom stereocenters. The number of aliphatic hydroxyl groups is 1. The summed E-state index contributed by atoms with van der Waals surface area (Å²) < 4.78 is 0. The van der Waals surface area contributed by atoms with E-state index < -0.39 is 29.9 Å². The molecule has 48 heavy (non-hydrogen) atoms. The van der Waals surface area contributed by atoms with E-state index in [-0.39, 0.29) is 17.8 Å². The molecule has 2 aliphatic carbocycles. The van der Waals surface area contributed by atoms with Gasteiger partial charge in [-0.1, -0.05) is 18.2 Å². The molecule has 2 fully saturated rings. The first-order valence-corrected chi connectivity index (χ1v) is 16.0. The van der Waals surface area contributed by atoms with Crippen LogP contribution >= 0.6 is 0 Å². The molecule has 2 aromatic rings. The molecular weight excluding hydrogens is 620 g/mol. The first-order chi connectivity index (χ1) is 23.0. The molecule has 0 spiro atoms. The second-order valence-corrected chi connectivity index (χ2v) is 11.6. The van der Waals surface area contributed by atoms with E-state index in [4.69, 9.17) is 21.7 Å².